The van der Waals surface area contributed by atoms with E-state index in [0.717, 1.165) is 15.4 Å². The number of benzene rings is 1. The van der Waals surface area contributed by atoms with Gasteiger partial charge in [-0.05, 0) is 31.3 Å². The largest absolute Gasteiger partial charge is 0.352 e. The van der Waals surface area contributed by atoms with Crippen molar-refractivity contribution in [3.63, 3.8) is 0 Å². The van der Waals surface area contributed by atoms with Gasteiger partial charge in [0.05, 0.1) is 12.2 Å². The maximum Gasteiger partial charge on any atom is 0.192 e. The van der Waals surface area contributed by atoms with Gasteiger partial charge < -0.3 is 10.3 Å². The smallest absolute Gasteiger partial charge is 0.192 e. The summed E-state index contributed by atoms with van der Waals surface area (Å²) in [6.07, 6.45) is 0. The van der Waals surface area contributed by atoms with E-state index in [1.54, 1.807) is 7.05 Å². The normalized spacial score (nSPS) is 10.8. The zero-order chi connectivity index (χ0) is 10.8. The Morgan fingerprint density at radius 2 is 2.27 bits per heavy atom. The number of likely N-dealkylation sites (N-methyl/N-ethyl adjacent to an activating group) is 1. The third-order valence-corrected chi connectivity index (χ3v) is 2.71. The summed E-state index contributed by atoms with van der Waals surface area (Å²) >= 11 is 3.40. The first-order valence-corrected chi connectivity index (χ1v) is 5.46. The van der Waals surface area contributed by atoms with Gasteiger partial charge in [0, 0.05) is 15.4 Å². The van der Waals surface area contributed by atoms with Crippen molar-refractivity contribution in [2.75, 3.05) is 13.6 Å². The van der Waals surface area contributed by atoms with E-state index in [9.17, 15) is 4.79 Å². The van der Waals surface area contributed by atoms with Crippen molar-refractivity contribution < 1.29 is 4.79 Å². The molecule has 3 nitrogen and oxygen atoms in total. The number of hydrogen-bond acceptors (Lipinski definition) is 2. The first-order chi connectivity index (χ1) is 7.20. The fourth-order valence-electron chi connectivity index (χ4n) is 1.51. The van der Waals surface area contributed by atoms with Crippen LogP contribution in [0.2, 0.25) is 0 Å². The summed E-state index contributed by atoms with van der Waals surface area (Å²) in [5.74, 6) is 0.0739. The lowest BCUT2D eigenvalue weighted by atomic mass is 10.2. The maximum absolute atomic E-state index is 11.6. The van der Waals surface area contributed by atoms with Crippen LogP contribution >= 0.6 is 15.9 Å². The van der Waals surface area contributed by atoms with Crippen LogP contribution in [0.15, 0.2) is 28.7 Å². The van der Waals surface area contributed by atoms with Crippen LogP contribution in [0, 0.1) is 0 Å². The van der Waals surface area contributed by atoms with Crippen LogP contribution in [-0.2, 0) is 0 Å². The summed E-state index contributed by atoms with van der Waals surface area (Å²) in [6.45, 7) is 0.355. The molecule has 1 aromatic heterocycles. The van der Waals surface area contributed by atoms with Gasteiger partial charge in [0.2, 0.25) is 0 Å². The van der Waals surface area contributed by atoms with Crippen molar-refractivity contribution in [3.8, 4) is 0 Å². The summed E-state index contributed by atoms with van der Waals surface area (Å²) < 4.78 is 1.02. The Kier molecular flexibility index (Phi) is 2.88. The second kappa shape index (κ2) is 4.16. The van der Waals surface area contributed by atoms with Crippen LogP contribution in [0.1, 0.15) is 10.5 Å². The molecule has 0 atom stereocenters. The van der Waals surface area contributed by atoms with E-state index in [2.05, 4.69) is 26.2 Å². The van der Waals surface area contributed by atoms with E-state index in [0.29, 0.717) is 12.2 Å². The Morgan fingerprint density at radius 1 is 1.47 bits per heavy atom. The van der Waals surface area contributed by atoms with E-state index < -0.39 is 0 Å². The molecule has 0 aliphatic carbocycles. The number of H-pyrrole nitrogens is 1. The predicted molar refractivity (Wildman–Crippen MR) is 64.3 cm³/mol. The van der Waals surface area contributed by atoms with Gasteiger partial charge in [0.25, 0.3) is 0 Å². The maximum atomic E-state index is 11.6. The molecule has 0 aliphatic heterocycles. The second-order valence-electron chi connectivity index (χ2n) is 3.37. The number of Topliss-reactive ketones (excluding diaryl/α,β-unsaturated/α-hetero) is 1. The highest BCUT2D eigenvalue weighted by atomic mass is 79.9. The van der Waals surface area contributed by atoms with Crippen molar-refractivity contribution in [2.45, 2.75) is 0 Å². The van der Waals surface area contributed by atoms with Crippen molar-refractivity contribution in [1.29, 1.82) is 0 Å². The molecule has 1 heterocycles. The third kappa shape index (κ3) is 2.11. The number of carbonyl (C=O) groups is 1. The Bertz CT molecular complexity index is 504. The number of rotatable bonds is 3. The summed E-state index contributed by atoms with van der Waals surface area (Å²) in [5.41, 5.74) is 1.63. The van der Waals surface area contributed by atoms with E-state index >= 15 is 0 Å². The molecular weight excluding hydrogens is 256 g/mol. The van der Waals surface area contributed by atoms with Crippen LogP contribution in [0.4, 0.5) is 0 Å². The monoisotopic (exact) mass is 266 g/mol. The molecule has 2 rings (SSSR count). The third-order valence-electron chi connectivity index (χ3n) is 2.22. The first kappa shape index (κ1) is 10.4. The van der Waals surface area contributed by atoms with Gasteiger partial charge in [-0.1, -0.05) is 15.9 Å². The van der Waals surface area contributed by atoms with Gasteiger partial charge in [0.15, 0.2) is 5.78 Å². The lowest BCUT2D eigenvalue weighted by Gasteiger charge is -1.94. The Balaban J connectivity index is 2.42. The van der Waals surface area contributed by atoms with Gasteiger partial charge >= 0.3 is 0 Å². The number of halogens is 1. The summed E-state index contributed by atoms with van der Waals surface area (Å²) in [4.78, 5) is 14.7. The molecule has 0 saturated heterocycles. The summed E-state index contributed by atoms with van der Waals surface area (Å²) in [5, 5.41) is 3.89. The Labute approximate surface area is 96.0 Å². The minimum atomic E-state index is 0.0739. The molecule has 4 heteroatoms. The molecule has 0 saturated carbocycles. The molecule has 1 aromatic carbocycles. The number of fused-ring (bicyclic) bond motifs is 1. The van der Waals surface area contributed by atoms with Gasteiger partial charge in [0.1, 0.15) is 0 Å². The fraction of sp³-hybridized carbons (Fsp3) is 0.182. The second-order valence-corrected chi connectivity index (χ2v) is 4.28. The number of carbonyl (C=O) groups excluding carboxylic acids is 1. The SMILES string of the molecule is CNCC(=O)c1cc2cc(Br)ccc2[nH]1. The Hall–Kier alpha value is -1.13. The summed E-state index contributed by atoms with van der Waals surface area (Å²) in [6, 6.07) is 7.77. The van der Waals surface area contributed by atoms with Crippen LogP contribution in [0.5, 0.6) is 0 Å². The van der Waals surface area contributed by atoms with Gasteiger partial charge in [-0.25, -0.2) is 0 Å². The van der Waals surface area contributed by atoms with Crippen molar-refractivity contribution in [2.24, 2.45) is 0 Å². The zero-order valence-electron chi connectivity index (χ0n) is 8.30. The molecule has 0 radical (unpaired) electrons. The standard InChI is InChI=1S/C11H11BrN2O/c1-13-6-11(15)10-5-7-4-8(12)2-3-9(7)14-10/h2-5,13-14H,6H2,1H3. The summed E-state index contributed by atoms with van der Waals surface area (Å²) in [7, 11) is 1.76. The predicted octanol–water partition coefficient (Wildman–Crippen LogP) is 2.33. The van der Waals surface area contributed by atoms with E-state index in [4.69, 9.17) is 0 Å². The van der Waals surface area contributed by atoms with Crippen LogP contribution in [-0.4, -0.2) is 24.4 Å². The molecular formula is C11H11BrN2O. The molecule has 0 amide bonds. The van der Waals surface area contributed by atoms with Gasteiger partial charge in [-0.3, -0.25) is 4.79 Å². The van der Waals surface area contributed by atoms with Gasteiger partial charge in [-0.2, -0.15) is 0 Å². The quantitative estimate of drug-likeness (QED) is 0.838. The topological polar surface area (TPSA) is 44.9 Å². The molecule has 2 aromatic rings. The van der Waals surface area contributed by atoms with Crippen molar-refractivity contribution >= 4 is 32.6 Å². The molecule has 0 spiro atoms. The molecule has 0 bridgehead atoms. The molecule has 2 N–H and O–H groups in total. The number of ketones is 1. The van der Waals surface area contributed by atoms with Crippen LogP contribution < -0.4 is 5.32 Å². The van der Waals surface area contributed by atoms with Crippen molar-refractivity contribution in [3.05, 3.63) is 34.4 Å². The lowest BCUT2D eigenvalue weighted by molar-refractivity contribution is 0.0989. The number of hydrogen-bond donors (Lipinski definition) is 2. The molecule has 0 aliphatic rings. The minimum absolute atomic E-state index is 0.0739. The average molecular weight is 267 g/mol. The molecule has 0 unspecified atom stereocenters. The minimum Gasteiger partial charge on any atom is -0.352 e. The lowest BCUT2D eigenvalue weighted by Crippen LogP contribution is -2.18. The first-order valence-electron chi connectivity index (χ1n) is 4.67. The molecule has 0 fully saturated rings. The van der Waals surface area contributed by atoms with Gasteiger partial charge in [-0.15, -0.1) is 0 Å². The number of nitrogens with one attached hydrogen (secondary N) is 2. The molecule has 78 valence electrons. The van der Waals surface area contributed by atoms with E-state index in [-0.39, 0.29) is 5.78 Å². The fourth-order valence-corrected chi connectivity index (χ4v) is 1.89. The average Bonchev–Trinajstić information content (AvgIpc) is 2.60. The highest BCUT2D eigenvalue weighted by Gasteiger charge is 2.08. The number of aromatic amines is 1. The highest BCUT2D eigenvalue weighted by Crippen LogP contribution is 2.20. The Morgan fingerprint density at radius 3 is 3.00 bits per heavy atom. The number of aromatic nitrogens is 1. The van der Waals surface area contributed by atoms with Crippen LogP contribution in [0.3, 0.4) is 0 Å². The molecule has 15 heavy (non-hydrogen) atoms. The van der Waals surface area contributed by atoms with Crippen molar-refractivity contribution in [1.82, 2.24) is 10.3 Å². The van der Waals surface area contributed by atoms with Crippen LogP contribution in [0.25, 0.3) is 10.9 Å². The van der Waals surface area contributed by atoms with E-state index in [1.807, 2.05) is 24.3 Å². The zero-order valence-corrected chi connectivity index (χ0v) is 9.89. The van der Waals surface area contributed by atoms with E-state index in [1.165, 1.54) is 0 Å². The highest BCUT2D eigenvalue weighted by molar-refractivity contribution is 9.10.